The first kappa shape index (κ1) is 16.1. The number of carbonyl (C=O) groups excluding carboxylic acids is 1. The van der Waals surface area contributed by atoms with E-state index in [2.05, 4.69) is 0 Å². The molecule has 0 spiro atoms. The maximum atomic E-state index is 12.7. The van der Waals surface area contributed by atoms with Crippen molar-refractivity contribution in [3.63, 3.8) is 0 Å². The molecular weight excluding hydrogens is 410 g/mol. The van der Waals surface area contributed by atoms with Crippen LogP contribution in [0.2, 0.25) is 0 Å². The van der Waals surface area contributed by atoms with Gasteiger partial charge in [-0.1, -0.05) is 0 Å². The van der Waals surface area contributed by atoms with Gasteiger partial charge in [-0.15, -0.1) is 0 Å². The number of fused-ring (bicyclic) bond motifs is 1. The van der Waals surface area contributed by atoms with Gasteiger partial charge in [0, 0.05) is 0 Å². The van der Waals surface area contributed by atoms with Crippen molar-refractivity contribution in [2.75, 3.05) is 5.75 Å². The van der Waals surface area contributed by atoms with Crippen LogP contribution in [-0.4, -0.2) is 40.9 Å². The molecule has 1 saturated heterocycles. The van der Waals surface area contributed by atoms with Gasteiger partial charge in [0.1, 0.15) is 0 Å². The Kier molecular flexibility index (Phi) is 4.98. The molecule has 2 aromatic carbocycles. The second-order valence-corrected chi connectivity index (χ2v) is 8.64. The zero-order valence-corrected chi connectivity index (χ0v) is 15.3. The summed E-state index contributed by atoms with van der Waals surface area (Å²) in [6, 6.07) is 13.4. The van der Waals surface area contributed by atoms with E-state index < -0.39 is 26.0 Å². The molecule has 1 aliphatic heterocycles. The normalized spacial score (nSPS) is 21.1. The van der Waals surface area contributed by atoms with Crippen LogP contribution in [-0.2, 0) is 6.03 Å². The minimum atomic E-state index is -3.84. The Balaban J connectivity index is 1.91. The van der Waals surface area contributed by atoms with Crippen LogP contribution < -0.4 is 0 Å². The predicted octanol–water partition coefficient (Wildman–Crippen LogP) is 3.06. The standard InChI is InChI=1S/C16H15O2S.H2O.O.Sb/c17-15(11-16(18)9-4-10-19-16)14-8-3-6-12-5-1-2-7-13(12)14;;;/h1-3,5-8H,4,9-11H2;1H2;;/q-1;;;+2/p-1. The first-order chi connectivity index (χ1) is 10.6. The first-order valence-corrected chi connectivity index (χ1v) is 11.3. The molecule has 22 heavy (non-hydrogen) atoms. The number of Topliss-reactive ketones (excluding diaryl/α,β-unsaturated/α-hetero) is 1. The van der Waals surface area contributed by atoms with Crippen molar-refractivity contribution in [1.29, 1.82) is 0 Å². The molecular formula is C16H16O4SSb. The van der Waals surface area contributed by atoms with Gasteiger partial charge < -0.3 is 0 Å². The van der Waals surface area contributed by atoms with Crippen LogP contribution in [0.15, 0.2) is 42.5 Å². The van der Waals surface area contributed by atoms with Crippen molar-refractivity contribution in [2.24, 2.45) is 0 Å². The SMILES string of the molecule is O=C(CC1([O][Sb](=[O])[OH])CCCS1)c1cccc2ccccc12. The number of thioether (sulfide) groups is 1. The van der Waals surface area contributed by atoms with Gasteiger partial charge in [0.25, 0.3) is 0 Å². The fourth-order valence-electron chi connectivity index (χ4n) is 2.87. The van der Waals surface area contributed by atoms with E-state index in [0.717, 1.165) is 22.9 Å². The summed E-state index contributed by atoms with van der Waals surface area (Å²) in [6.45, 7) is 0. The molecule has 1 radical (unpaired) electrons. The number of hydrogen-bond acceptors (Lipinski definition) is 4. The third kappa shape index (κ3) is 3.43. The molecule has 1 fully saturated rings. The van der Waals surface area contributed by atoms with Crippen LogP contribution in [0, 0.1) is 0 Å². The Bertz CT molecular complexity index is 720. The van der Waals surface area contributed by atoms with Gasteiger partial charge in [-0.2, -0.15) is 0 Å². The van der Waals surface area contributed by atoms with Gasteiger partial charge in [-0.3, -0.25) is 0 Å². The summed E-state index contributed by atoms with van der Waals surface area (Å²) in [4.78, 5) is 11.9. The van der Waals surface area contributed by atoms with Gasteiger partial charge in [0.05, 0.1) is 0 Å². The Morgan fingerprint density at radius 3 is 2.77 bits per heavy atom. The van der Waals surface area contributed by atoms with Crippen LogP contribution in [0.3, 0.4) is 0 Å². The van der Waals surface area contributed by atoms with Crippen LogP contribution in [0.5, 0.6) is 0 Å². The topological polar surface area (TPSA) is 63.6 Å². The average molecular weight is 426 g/mol. The van der Waals surface area contributed by atoms with Gasteiger partial charge >= 0.3 is 142 Å². The van der Waals surface area contributed by atoms with E-state index in [4.69, 9.17) is 3.02 Å². The average Bonchev–Trinajstić information content (AvgIpc) is 2.93. The Labute approximate surface area is 141 Å². The fraction of sp³-hybridized carbons (Fsp3) is 0.312. The predicted molar refractivity (Wildman–Crippen MR) is 87.1 cm³/mol. The first-order valence-electron chi connectivity index (χ1n) is 7.10. The van der Waals surface area contributed by atoms with Crippen LogP contribution >= 0.6 is 11.8 Å². The molecule has 1 unspecified atom stereocenters. The molecule has 3 rings (SSSR count). The molecule has 1 N–H and O–H groups in total. The molecule has 0 saturated carbocycles. The summed E-state index contributed by atoms with van der Waals surface area (Å²) in [6.07, 6.45) is 1.70. The van der Waals surface area contributed by atoms with Gasteiger partial charge in [0.2, 0.25) is 0 Å². The van der Waals surface area contributed by atoms with E-state index in [-0.39, 0.29) is 12.2 Å². The Hall–Kier alpha value is -0.742. The number of rotatable bonds is 5. The molecule has 0 amide bonds. The number of hydrogen-bond donors (Lipinski definition) is 1. The third-order valence-electron chi connectivity index (χ3n) is 3.83. The Morgan fingerprint density at radius 2 is 2.05 bits per heavy atom. The summed E-state index contributed by atoms with van der Waals surface area (Å²) < 4.78 is 25.8. The molecule has 1 heterocycles. The summed E-state index contributed by atoms with van der Waals surface area (Å²) >= 11 is -2.35. The van der Waals surface area contributed by atoms with E-state index in [0.29, 0.717) is 12.0 Å². The summed E-state index contributed by atoms with van der Waals surface area (Å²) in [5.74, 6) is 0.824. The van der Waals surface area contributed by atoms with Crippen molar-refractivity contribution >= 4 is 49.4 Å². The number of ketones is 1. The molecule has 0 aromatic heterocycles. The van der Waals surface area contributed by atoms with E-state index in [1.54, 1.807) is 0 Å². The number of carbonyl (C=O) groups is 1. The van der Waals surface area contributed by atoms with E-state index >= 15 is 0 Å². The molecule has 0 bridgehead atoms. The van der Waals surface area contributed by atoms with Gasteiger partial charge in [-0.25, -0.2) is 0 Å². The maximum absolute atomic E-state index is 12.7. The summed E-state index contributed by atoms with van der Waals surface area (Å²) in [5.41, 5.74) is 0.654. The molecule has 4 nitrogen and oxygen atoms in total. The second-order valence-electron chi connectivity index (χ2n) is 5.32. The van der Waals surface area contributed by atoms with E-state index in [1.165, 1.54) is 11.8 Å². The van der Waals surface area contributed by atoms with Crippen molar-refractivity contribution in [3.8, 4) is 0 Å². The fourth-order valence-corrected chi connectivity index (χ4v) is 6.24. The monoisotopic (exact) mass is 425 g/mol. The molecule has 0 aliphatic carbocycles. The molecule has 1 atom stereocenters. The second kappa shape index (κ2) is 6.79. The van der Waals surface area contributed by atoms with Crippen molar-refractivity contribution < 1.29 is 14.2 Å². The van der Waals surface area contributed by atoms with Crippen molar-refractivity contribution in [2.45, 2.75) is 24.2 Å². The molecule has 6 heteroatoms. The zero-order chi connectivity index (χ0) is 15.6. The van der Waals surface area contributed by atoms with Crippen molar-refractivity contribution in [3.05, 3.63) is 48.0 Å². The van der Waals surface area contributed by atoms with Crippen LogP contribution in [0.4, 0.5) is 0 Å². The van der Waals surface area contributed by atoms with Gasteiger partial charge in [-0.05, 0) is 0 Å². The van der Waals surface area contributed by atoms with Crippen LogP contribution in [0.1, 0.15) is 29.6 Å². The molecule has 115 valence electrons. The molecule has 2 aromatic rings. The quantitative estimate of drug-likeness (QED) is 0.589. The third-order valence-corrected chi connectivity index (χ3v) is 7.09. The van der Waals surface area contributed by atoms with Crippen molar-refractivity contribution in [1.82, 2.24) is 0 Å². The van der Waals surface area contributed by atoms with Gasteiger partial charge in [0.15, 0.2) is 0 Å². The molecule has 1 aliphatic rings. The minimum absolute atomic E-state index is 0.0338. The van der Waals surface area contributed by atoms with E-state index in [9.17, 15) is 11.2 Å². The number of benzene rings is 2. The zero-order valence-electron chi connectivity index (χ0n) is 11.9. The summed E-state index contributed by atoms with van der Waals surface area (Å²) in [7, 11) is 0. The van der Waals surface area contributed by atoms with E-state index in [1.807, 2.05) is 42.5 Å². The van der Waals surface area contributed by atoms with Crippen LogP contribution in [0.25, 0.3) is 10.8 Å². The summed E-state index contributed by atoms with van der Waals surface area (Å²) in [5, 5.41) is 1.93. The Morgan fingerprint density at radius 1 is 1.27 bits per heavy atom.